The number of fused-ring (bicyclic) bond motifs is 1. The number of amides is 1. The van der Waals surface area contributed by atoms with Gasteiger partial charge in [0.2, 0.25) is 0 Å². The van der Waals surface area contributed by atoms with Crippen molar-refractivity contribution in [1.29, 1.82) is 0 Å². The van der Waals surface area contributed by atoms with Crippen LogP contribution in [0.15, 0.2) is 58.2 Å². The summed E-state index contributed by atoms with van der Waals surface area (Å²) in [7, 11) is -4.05. The van der Waals surface area contributed by atoms with Gasteiger partial charge in [0.05, 0.1) is 10.6 Å². The molecule has 10 heteroatoms. The number of hydrazone groups is 1. The number of nitrogens with one attached hydrogen (secondary N) is 2. The molecular formula is C17H13F2N3O4S. The molecular weight excluding hydrogens is 380 g/mol. The highest BCUT2D eigenvalue weighted by Gasteiger charge is 2.32. The molecule has 0 fully saturated rings. The Morgan fingerprint density at radius 1 is 1.19 bits per heavy atom. The van der Waals surface area contributed by atoms with Gasteiger partial charge in [-0.1, -0.05) is 12.1 Å². The quantitative estimate of drug-likeness (QED) is 0.548. The van der Waals surface area contributed by atoms with E-state index in [1.165, 1.54) is 31.2 Å². The lowest BCUT2D eigenvalue weighted by Crippen LogP contribution is -2.37. The fourth-order valence-corrected chi connectivity index (χ4v) is 3.74. The standard InChI is InChI=1S/C17H13F2N3O4S/c1-9(11-7-6-10(18)8-13(11)19)20-21-17(24)15-16(23)12-4-2-3-5-14(12)27(25,26)22-15/h2-8,22-23H,1H3,(H,21,24)/b20-9+. The fourth-order valence-electron chi connectivity index (χ4n) is 2.46. The van der Waals surface area contributed by atoms with E-state index in [9.17, 15) is 27.1 Å². The third-order valence-corrected chi connectivity index (χ3v) is 5.19. The third-order valence-electron chi connectivity index (χ3n) is 3.78. The first-order valence-electron chi connectivity index (χ1n) is 7.56. The normalized spacial score (nSPS) is 15.7. The minimum Gasteiger partial charge on any atom is -0.505 e. The molecule has 0 aromatic heterocycles. The van der Waals surface area contributed by atoms with Gasteiger partial charge in [-0.25, -0.2) is 22.6 Å². The number of aliphatic hydroxyl groups is 1. The van der Waals surface area contributed by atoms with Crippen LogP contribution in [0.2, 0.25) is 0 Å². The molecule has 1 aliphatic heterocycles. The zero-order chi connectivity index (χ0) is 19.8. The molecule has 0 saturated heterocycles. The lowest BCUT2D eigenvalue weighted by atomic mass is 10.1. The van der Waals surface area contributed by atoms with E-state index in [0.717, 1.165) is 12.1 Å². The molecule has 1 amide bonds. The molecule has 0 radical (unpaired) electrons. The summed E-state index contributed by atoms with van der Waals surface area (Å²) in [4.78, 5) is 12.1. The predicted molar refractivity (Wildman–Crippen MR) is 93.0 cm³/mol. The number of aliphatic hydroxyl groups excluding tert-OH is 1. The first-order valence-corrected chi connectivity index (χ1v) is 9.04. The van der Waals surface area contributed by atoms with Crippen molar-refractivity contribution >= 4 is 27.4 Å². The van der Waals surface area contributed by atoms with Gasteiger partial charge in [0, 0.05) is 17.2 Å². The van der Waals surface area contributed by atoms with Crippen molar-refractivity contribution in [2.45, 2.75) is 11.8 Å². The van der Waals surface area contributed by atoms with E-state index in [0.29, 0.717) is 6.07 Å². The molecule has 0 unspecified atom stereocenters. The molecule has 1 aliphatic rings. The van der Waals surface area contributed by atoms with Crippen molar-refractivity contribution in [1.82, 2.24) is 10.1 Å². The molecule has 2 aromatic rings. The van der Waals surface area contributed by atoms with E-state index in [2.05, 4.69) is 5.10 Å². The molecule has 1 heterocycles. The predicted octanol–water partition coefficient (Wildman–Crippen LogP) is 2.02. The van der Waals surface area contributed by atoms with Crippen molar-refractivity contribution < 1.29 is 27.1 Å². The largest absolute Gasteiger partial charge is 0.505 e. The number of halogens is 2. The zero-order valence-electron chi connectivity index (χ0n) is 13.8. The summed E-state index contributed by atoms with van der Waals surface area (Å²) in [6.07, 6.45) is 0. The Labute approximate surface area is 153 Å². The maximum Gasteiger partial charge on any atom is 0.292 e. The topological polar surface area (TPSA) is 108 Å². The second-order valence-corrected chi connectivity index (χ2v) is 7.24. The molecule has 0 saturated carbocycles. The molecule has 140 valence electrons. The Balaban J connectivity index is 1.90. The summed E-state index contributed by atoms with van der Waals surface area (Å²) in [6.45, 7) is 1.37. The maximum atomic E-state index is 13.7. The van der Waals surface area contributed by atoms with Crippen LogP contribution in [0, 0.1) is 11.6 Å². The van der Waals surface area contributed by atoms with Crippen LogP contribution >= 0.6 is 0 Å². The monoisotopic (exact) mass is 393 g/mol. The summed E-state index contributed by atoms with van der Waals surface area (Å²) in [6, 6.07) is 8.44. The smallest absolute Gasteiger partial charge is 0.292 e. The number of carbonyl (C=O) groups is 1. The lowest BCUT2D eigenvalue weighted by Gasteiger charge is -2.20. The average molecular weight is 393 g/mol. The van der Waals surface area contributed by atoms with E-state index >= 15 is 0 Å². The molecule has 2 aromatic carbocycles. The maximum absolute atomic E-state index is 13.7. The molecule has 3 rings (SSSR count). The molecule has 0 bridgehead atoms. The Morgan fingerprint density at radius 3 is 2.59 bits per heavy atom. The molecule has 7 nitrogen and oxygen atoms in total. The second-order valence-electron chi connectivity index (χ2n) is 5.59. The van der Waals surface area contributed by atoms with Gasteiger partial charge in [-0.2, -0.15) is 5.10 Å². The number of rotatable bonds is 3. The van der Waals surface area contributed by atoms with Crippen molar-refractivity contribution in [3.63, 3.8) is 0 Å². The highest BCUT2D eigenvalue weighted by molar-refractivity contribution is 7.89. The minimum atomic E-state index is -4.05. The van der Waals surface area contributed by atoms with Crippen molar-refractivity contribution in [3.05, 3.63) is 70.9 Å². The Bertz CT molecular complexity index is 1110. The Hall–Kier alpha value is -3.27. The SMILES string of the molecule is C/C(=N\NC(=O)C1=C(O)c2ccccc2S(=O)(=O)N1)c1ccc(F)cc1F. The lowest BCUT2D eigenvalue weighted by molar-refractivity contribution is -0.117. The van der Waals surface area contributed by atoms with Crippen LogP contribution in [0.1, 0.15) is 18.1 Å². The molecule has 3 N–H and O–H groups in total. The van der Waals surface area contributed by atoms with Crippen molar-refractivity contribution in [2.24, 2.45) is 5.10 Å². The molecule has 0 aliphatic carbocycles. The molecule has 0 spiro atoms. The summed E-state index contributed by atoms with van der Waals surface area (Å²) < 4.78 is 53.1. The number of nitrogens with zero attached hydrogens (tertiary/aromatic N) is 1. The molecule has 0 atom stereocenters. The van der Waals surface area contributed by atoms with Gasteiger partial charge in [-0.05, 0) is 31.2 Å². The summed E-state index contributed by atoms with van der Waals surface area (Å²) in [5, 5.41) is 13.9. The summed E-state index contributed by atoms with van der Waals surface area (Å²) in [5.74, 6) is -3.26. The first kappa shape index (κ1) is 18.5. The van der Waals surface area contributed by atoms with Crippen molar-refractivity contribution in [3.8, 4) is 0 Å². The average Bonchev–Trinajstić information content (AvgIpc) is 2.62. The van der Waals surface area contributed by atoms with Crippen LogP contribution in [-0.2, 0) is 14.8 Å². The number of hydrogen-bond acceptors (Lipinski definition) is 5. The van der Waals surface area contributed by atoms with Gasteiger partial charge in [0.15, 0.2) is 11.5 Å². The third kappa shape index (κ3) is 3.51. The van der Waals surface area contributed by atoms with Crippen LogP contribution in [-0.4, -0.2) is 25.1 Å². The van der Waals surface area contributed by atoms with Gasteiger partial charge in [-0.15, -0.1) is 0 Å². The van der Waals surface area contributed by atoms with Crippen molar-refractivity contribution in [2.75, 3.05) is 0 Å². The minimum absolute atomic E-state index is 0.0139. The highest BCUT2D eigenvalue weighted by atomic mass is 32.2. The van der Waals surface area contributed by atoms with E-state index in [1.807, 2.05) is 10.1 Å². The van der Waals surface area contributed by atoms with E-state index < -0.39 is 39.0 Å². The van der Waals surface area contributed by atoms with Crippen LogP contribution in [0.4, 0.5) is 8.78 Å². The van der Waals surface area contributed by atoms with Gasteiger partial charge in [-0.3, -0.25) is 9.52 Å². The van der Waals surface area contributed by atoms with E-state index in [4.69, 9.17) is 0 Å². The van der Waals surface area contributed by atoms with Gasteiger partial charge in [0.1, 0.15) is 11.6 Å². The number of carbonyl (C=O) groups excluding carboxylic acids is 1. The van der Waals surface area contributed by atoms with Crippen LogP contribution < -0.4 is 10.1 Å². The second kappa shape index (κ2) is 6.80. The van der Waals surface area contributed by atoms with Crippen LogP contribution in [0.3, 0.4) is 0 Å². The van der Waals surface area contributed by atoms with Gasteiger partial charge in [0.25, 0.3) is 15.9 Å². The van der Waals surface area contributed by atoms with Gasteiger partial charge >= 0.3 is 0 Å². The Morgan fingerprint density at radius 2 is 1.89 bits per heavy atom. The number of hydrogen-bond donors (Lipinski definition) is 3. The Kier molecular flexibility index (Phi) is 4.66. The van der Waals surface area contributed by atoms with Crippen LogP contribution in [0.25, 0.3) is 5.76 Å². The van der Waals surface area contributed by atoms with E-state index in [-0.39, 0.29) is 21.7 Å². The first-order chi connectivity index (χ1) is 12.7. The summed E-state index contributed by atoms with van der Waals surface area (Å²) >= 11 is 0. The fraction of sp³-hybridized carbons (Fsp3) is 0.0588. The van der Waals surface area contributed by atoms with Crippen LogP contribution in [0.5, 0.6) is 0 Å². The summed E-state index contributed by atoms with van der Waals surface area (Å²) in [5.41, 5.74) is 1.34. The molecule has 27 heavy (non-hydrogen) atoms. The number of benzene rings is 2. The highest BCUT2D eigenvalue weighted by Crippen LogP contribution is 2.28. The zero-order valence-corrected chi connectivity index (χ0v) is 14.6. The van der Waals surface area contributed by atoms with E-state index in [1.54, 1.807) is 0 Å². The number of sulfonamides is 1. The van der Waals surface area contributed by atoms with Gasteiger partial charge < -0.3 is 5.11 Å².